The smallest absolute Gasteiger partial charge is 0.334 e. The van der Waals surface area contributed by atoms with Crippen molar-refractivity contribution in [1.82, 2.24) is 10.2 Å². The third-order valence-electron chi connectivity index (χ3n) is 2.93. The van der Waals surface area contributed by atoms with Crippen molar-refractivity contribution in [2.75, 3.05) is 24.6 Å². The Balaban J connectivity index is 2.09. The van der Waals surface area contributed by atoms with Gasteiger partial charge in [0.05, 0.1) is 18.8 Å². The molecule has 1 unspecified atom stereocenters. The largest absolute Gasteiger partial charge is 0.479 e. The van der Waals surface area contributed by atoms with Gasteiger partial charge in [-0.15, -0.1) is 5.10 Å². The van der Waals surface area contributed by atoms with Crippen LogP contribution in [0.15, 0.2) is 12.1 Å². The average Bonchev–Trinajstić information content (AvgIpc) is 2.39. The molecule has 6 nitrogen and oxygen atoms in total. The highest BCUT2D eigenvalue weighted by atomic mass is 16.5. The Morgan fingerprint density at radius 1 is 1.50 bits per heavy atom. The summed E-state index contributed by atoms with van der Waals surface area (Å²) >= 11 is 0. The van der Waals surface area contributed by atoms with Crippen molar-refractivity contribution in [1.29, 1.82) is 0 Å². The molecular formula is C12H17N3O3. The van der Waals surface area contributed by atoms with E-state index < -0.39 is 12.1 Å². The van der Waals surface area contributed by atoms with Gasteiger partial charge in [-0.1, -0.05) is 13.8 Å². The van der Waals surface area contributed by atoms with Crippen LogP contribution in [0.25, 0.3) is 0 Å². The number of nitrogens with zero attached hydrogens (tertiary/aromatic N) is 3. The Bertz CT molecular complexity index is 419. The van der Waals surface area contributed by atoms with Crippen molar-refractivity contribution in [3.05, 3.63) is 17.8 Å². The molecule has 0 bridgehead atoms. The van der Waals surface area contributed by atoms with E-state index in [1.165, 1.54) is 0 Å². The minimum Gasteiger partial charge on any atom is -0.479 e. The summed E-state index contributed by atoms with van der Waals surface area (Å²) in [5.41, 5.74) is 0.932. The minimum atomic E-state index is -0.938. The molecule has 1 atom stereocenters. The molecule has 1 fully saturated rings. The second-order valence-corrected chi connectivity index (χ2v) is 4.61. The van der Waals surface area contributed by atoms with Gasteiger partial charge in [-0.2, -0.15) is 5.10 Å². The van der Waals surface area contributed by atoms with E-state index >= 15 is 0 Å². The molecule has 0 saturated carbocycles. The summed E-state index contributed by atoms with van der Waals surface area (Å²) in [6.45, 7) is 5.45. The molecule has 2 heterocycles. The van der Waals surface area contributed by atoms with Crippen molar-refractivity contribution in [2.45, 2.75) is 25.9 Å². The van der Waals surface area contributed by atoms with E-state index in [9.17, 15) is 4.79 Å². The number of hydrogen-bond acceptors (Lipinski definition) is 5. The van der Waals surface area contributed by atoms with E-state index in [0.717, 1.165) is 5.69 Å². The highest BCUT2D eigenvalue weighted by Crippen LogP contribution is 2.17. The number of morpholine rings is 1. The van der Waals surface area contributed by atoms with Gasteiger partial charge >= 0.3 is 5.97 Å². The van der Waals surface area contributed by atoms with Crippen molar-refractivity contribution in [3.63, 3.8) is 0 Å². The van der Waals surface area contributed by atoms with Crippen LogP contribution in [0.2, 0.25) is 0 Å². The fourth-order valence-electron chi connectivity index (χ4n) is 1.82. The molecule has 1 aromatic heterocycles. The van der Waals surface area contributed by atoms with E-state index in [1.54, 1.807) is 0 Å². The van der Waals surface area contributed by atoms with Crippen molar-refractivity contribution >= 4 is 11.8 Å². The van der Waals surface area contributed by atoms with Crippen molar-refractivity contribution in [2.24, 2.45) is 0 Å². The molecule has 18 heavy (non-hydrogen) atoms. The van der Waals surface area contributed by atoms with Crippen LogP contribution in [0.5, 0.6) is 0 Å². The fraction of sp³-hybridized carbons (Fsp3) is 0.583. The summed E-state index contributed by atoms with van der Waals surface area (Å²) < 4.78 is 5.16. The van der Waals surface area contributed by atoms with Gasteiger partial charge in [0.1, 0.15) is 0 Å². The van der Waals surface area contributed by atoms with E-state index in [1.807, 2.05) is 17.0 Å². The second-order valence-electron chi connectivity index (χ2n) is 4.61. The lowest BCUT2D eigenvalue weighted by atomic mass is 10.1. The van der Waals surface area contributed by atoms with Crippen LogP contribution in [-0.4, -0.2) is 47.1 Å². The standard InChI is InChI=1S/C12H17N3O3/c1-8(2)9-3-4-11(14-13-9)15-5-6-18-10(7-15)12(16)17/h3-4,8,10H,5-7H2,1-2H3,(H,16,17). The quantitative estimate of drug-likeness (QED) is 0.859. The third kappa shape index (κ3) is 2.76. The van der Waals surface area contributed by atoms with Gasteiger partial charge in [0.15, 0.2) is 11.9 Å². The molecule has 1 saturated heterocycles. The summed E-state index contributed by atoms with van der Waals surface area (Å²) in [5.74, 6) is 0.100. The molecule has 1 aromatic rings. The Morgan fingerprint density at radius 2 is 2.28 bits per heavy atom. The topological polar surface area (TPSA) is 75.5 Å². The van der Waals surface area contributed by atoms with E-state index in [-0.39, 0.29) is 0 Å². The van der Waals surface area contributed by atoms with E-state index in [4.69, 9.17) is 9.84 Å². The Labute approximate surface area is 106 Å². The normalized spacial score (nSPS) is 20.2. The maximum absolute atomic E-state index is 10.9. The Hall–Kier alpha value is -1.69. The number of rotatable bonds is 3. The van der Waals surface area contributed by atoms with Gasteiger partial charge in [-0.3, -0.25) is 0 Å². The molecule has 0 aromatic carbocycles. The molecule has 98 valence electrons. The van der Waals surface area contributed by atoms with Crippen LogP contribution in [0.4, 0.5) is 5.82 Å². The molecular weight excluding hydrogens is 234 g/mol. The van der Waals surface area contributed by atoms with Gasteiger partial charge in [-0.25, -0.2) is 4.79 Å². The number of ether oxygens (including phenoxy) is 1. The predicted molar refractivity (Wildman–Crippen MR) is 65.7 cm³/mol. The van der Waals surface area contributed by atoms with Gasteiger partial charge in [-0.05, 0) is 18.1 Å². The fourth-order valence-corrected chi connectivity index (χ4v) is 1.82. The molecule has 2 rings (SSSR count). The first kappa shape index (κ1) is 12.8. The molecule has 0 amide bonds. The maximum Gasteiger partial charge on any atom is 0.334 e. The number of carboxylic acids is 1. The van der Waals surface area contributed by atoms with Gasteiger partial charge in [0.2, 0.25) is 0 Å². The minimum absolute atomic E-state index is 0.311. The molecule has 0 aliphatic carbocycles. The molecule has 0 radical (unpaired) electrons. The lowest BCUT2D eigenvalue weighted by Crippen LogP contribution is -2.46. The van der Waals surface area contributed by atoms with Crippen LogP contribution in [0.1, 0.15) is 25.5 Å². The highest BCUT2D eigenvalue weighted by molar-refractivity contribution is 5.73. The zero-order valence-electron chi connectivity index (χ0n) is 10.5. The van der Waals surface area contributed by atoms with E-state index in [2.05, 4.69) is 24.0 Å². The van der Waals surface area contributed by atoms with Crippen LogP contribution >= 0.6 is 0 Å². The SMILES string of the molecule is CC(C)c1ccc(N2CCOC(C(=O)O)C2)nn1. The molecule has 6 heteroatoms. The Morgan fingerprint density at radius 3 is 2.83 bits per heavy atom. The summed E-state index contributed by atoms with van der Waals surface area (Å²) in [7, 11) is 0. The molecule has 0 spiro atoms. The molecule has 1 aliphatic heterocycles. The predicted octanol–water partition coefficient (Wildman–Crippen LogP) is 0.890. The highest BCUT2D eigenvalue weighted by Gasteiger charge is 2.27. The van der Waals surface area contributed by atoms with Crippen LogP contribution in [0, 0.1) is 0 Å². The third-order valence-corrected chi connectivity index (χ3v) is 2.93. The first-order valence-corrected chi connectivity index (χ1v) is 6.01. The molecule has 1 N–H and O–H groups in total. The lowest BCUT2D eigenvalue weighted by molar-refractivity contribution is -0.150. The number of anilines is 1. The summed E-state index contributed by atoms with van der Waals surface area (Å²) in [6, 6.07) is 3.81. The lowest BCUT2D eigenvalue weighted by Gasteiger charge is -2.31. The van der Waals surface area contributed by atoms with Crippen LogP contribution < -0.4 is 4.90 Å². The second kappa shape index (κ2) is 5.30. The van der Waals surface area contributed by atoms with Crippen molar-refractivity contribution < 1.29 is 14.6 Å². The average molecular weight is 251 g/mol. The zero-order valence-corrected chi connectivity index (χ0v) is 10.5. The van der Waals surface area contributed by atoms with Crippen LogP contribution in [-0.2, 0) is 9.53 Å². The van der Waals surface area contributed by atoms with Gasteiger partial charge in [0.25, 0.3) is 0 Å². The first-order chi connectivity index (χ1) is 8.58. The number of carbonyl (C=O) groups is 1. The van der Waals surface area contributed by atoms with Crippen LogP contribution in [0.3, 0.4) is 0 Å². The number of aromatic nitrogens is 2. The number of aliphatic carboxylic acids is 1. The Kier molecular flexibility index (Phi) is 3.76. The number of hydrogen-bond donors (Lipinski definition) is 1. The van der Waals surface area contributed by atoms with E-state index in [0.29, 0.717) is 31.4 Å². The monoisotopic (exact) mass is 251 g/mol. The number of carboxylic acid groups (broad SMARTS) is 1. The zero-order chi connectivity index (χ0) is 13.1. The molecule has 1 aliphatic rings. The first-order valence-electron chi connectivity index (χ1n) is 6.01. The summed E-state index contributed by atoms with van der Waals surface area (Å²) in [5, 5.41) is 17.2. The maximum atomic E-state index is 10.9. The van der Waals surface area contributed by atoms with Gasteiger partial charge < -0.3 is 14.7 Å². The van der Waals surface area contributed by atoms with Gasteiger partial charge in [0, 0.05) is 6.54 Å². The summed E-state index contributed by atoms with van der Waals surface area (Å²) in [4.78, 5) is 12.8. The summed E-state index contributed by atoms with van der Waals surface area (Å²) in [6.07, 6.45) is -0.787. The van der Waals surface area contributed by atoms with Crippen molar-refractivity contribution in [3.8, 4) is 0 Å².